The van der Waals surface area contributed by atoms with Crippen LogP contribution in [0.5, 0.6) is 0 Å². The molecule has 0 fully saturated rings. The van der Waals surface area contributed by atoms with Gasteiger partial charge in [-0.1, -0.05) is 30.3 Å². The van der Waals surface area contributed by atoms with Crippen LogP contribution >= 0.6 is 0 Å². The van der Waals surface area contributed by atoms with Crippen LogP contribution in [0.1, 0.15) is 40.1 Å². The van der Waals surface area contributed by atoms with Gasteiger partial charge >= 0.3 is 6.18 Å². The molecule has 4 aromatic rings. The number of benzene rings is 2. The van der Waals surface area contributed by atoms with E-state index in [0.717, 1.165) is 23.5 Å². The molecule has 2 N–H and O–H groups in total. The fourth-order valence-electron chi connectivity index (χ4n) is 3.47. The monoisotopic (exact) mass is 465 g/mol. The molecule has 1 unspecified atom stereocenters. The maximum atomic E-state index is 12.8. The molecule has 1 amide bonds. The standard InChI is InChI=1S/C25H22F3N5O/c1-16(18-6-4-3-5-7-18)31-20-9-11-21(12-10-20)32-24(34)22-15-30-33(17(22)2)23-13-8-19(14-29-23)25(26,27)28/h3-16,31H,1-2H3,(H,32,34). The molecule has 0 aliphatic carbocycles. The van der Waals surface area contributed by atoms with Crippen molar-refractivity contribution in [3.63, 3.8) is 0 Å². The van der Waals surface area contributed by atoms with Crippen molar-refractivity contribution in [2.24, 2.45) is 0 Å². The molecular weight excluding hydrogens is 443 g/mol. The molecule has 174 valence electrons. The highest BCUT2D eigenvalue weighted by molar-refractivity contribution is 6.05. The van der Waals surface area contributed by atoms with Gasteiger partial charge in [0.2, 0.25) is 0 Å². The van der Waals surface area contributed by atoms with Crippen molar-refractivity contribution in [2.45, 2.75) is 26.1 Å². The zero-order valence-corrected chi connectivity index (χ0v) is 18.5. The number of hydrogen-bond donors (Lipinski definition) is 2. The van der Waals surface area contributed by atoms with Crippen LogP contribution in [-0.2, 0) is 6.18 Å². The Balaban J connectivity index is 1.43. The van der Waals surface area contributed by atoms with Crippen LogP contribution in [0.25, 0.3) is 5.82 Å². The molecule has 0 bridgehead atoms. The Bertz CT molecular complexity index is 1270. The first kappa shape index (κ1) is 23.0. The minimum atomic E-state index is -4.47. The summed E-state index contributed by atoms with van der Waals surface area (Å²) in [6, 6.07) is 19.6. The number of carbonyl (C=O) groups is 1. The SMILES string of the molecule is Cc1c(C(=O)Nc2ccc(NC(C)c3ccccc3)cc2)cnn1-c1ccc(C(F)(F)F)cn1. The van der Waals surface area contributed by atoms with E-state index < -0.39 is 11.7 Å². The van der Waals surface area contributed by atoms with Gasteiger partial charge < -0.3 is 10.6 Å². The van der Waals surface area contributed by atoms with Crippen molar-refractivity contribution >= 4 is 17.3 Å². The van der Waals surface area contributed by atoms with Gasteiger partial charge in [-0.15, -0.1) is 0 Å². The van der Waals surface area contributed by atoms with Gasteiger partial charge in [-0.3, -0.25) is 4.79 Å². The van der Waals surface area contributed by atoms with E-state index in [9.17, 15) is 18.0 Å². The quantitative estimate of drug-likeness (QED) is 0.365. The van der Waals surface area contributed by atoms with Gasteiger partial charge in [0.1, 0.15) is 0 Å². The molecule has 1 atom stereocenters. The zero-order valence-electron chi connectivity index (χ0n) is 18.5. The number of carbonyl (C=O) groups excluding carboxylic acids is 1. The number of aromatic nitrogens is 3. The Kier molecular flexibility index (Phi) is 6.36. The molecule has 6 nitrogen and oxygen atoms in total. The van der Waals surface area contributed by atoms with E-state index in [4.69, 9.17) is 0 Å². The third-order valence-corrected chi connectivity index (χ3v) is 5.37. The fraction of sp³-hybridized carbons (Fsp3) is 0.160. The van der Waals surface area contributed by atoms with Gasteiger partial charge in [-0.25, -0.2) is 9.67 Å². The normalized spacial score (nSPS) is 12.3. The average Bonchev–Trinajstić information content (AvgIpc) is 3.22. The van der Waals surface area contributed by atoms with Crippen molar-refractivity contribution in [3.8, 4) is 5.82 Å². The molecular formula is C25H22F3N5O. The maximum Gasteiger partial charge on any atom is 0.417 e. The average molecular weight is 465 g/mol. The molecule has 34 heavy (non-hydrogen) atoms. The summed E-state index contributed by atoms with van der Waals surface area (Å²) in [7, 11) is 0. The van der Waals surface area contributed by atoms with E-state index in [1.165, 1.54) is 16.9 Å². The minimum Gasteiger partial charge on any atom is -0.379 e. The number of anilines is 2. The molecule has 0 aliphatic rings. The summed E-state index contributed by atoms with van der Waals surface area (Å²) < 4.78 is 39.6. The number of amides is 1. The number of halogens is 3. The van der Waals surface area contributed by atoms with Crippen molar-refractivity contribution < 1.29 is 18.0 Å². The highest BCUT2D eigenvalue weighted by atomic mass is 19.4. The number of nitrogens with one attached hydrogen (secondary N) is 2. The predicted octanol–water partition coefficient (Wildman–Crippen LogP) is 6.02. The number of hydrogen-bond acceptors (Lipinski definition) is 4. The Hall–Kier alpha value is -4.14. The van der Waals surface area contributed by atoms with Crippen LogP contribution < -0.4 is 10.6 Å². The first-order valence-corrected chi connectivity index (χ1v) is 10.5. The predicted molar refractivity (Wildman–Crippen MR) is 124 cm³/mol. The Morgan fingerprint density at radius 2 is 1.62 bits per heavy atom. The Labute approximate surface area is 194 Å². The number of alkyl halides is 3. The van der Waals surface area contributed by atoms with Crippen LogP contribution in [0.4, 0.5) is 24.5 Å². The summed E-state index contributed by atoms with van der Waals surface area (Å²) in [5.41, 5.74) is 2.57. The summed E-state index contributed by atoms with van der Waals surface area (Å²) in [6.45, 7) is 3.72. The highest BCUT2D eigenvalue weighted by Crippen LogP contribution is 2.29. The van der Waals surface area contributed by atoms with Gasteiger partial charge in [0.15, 0.2) is 5.82 Å². The first-order chi connectivity index (χ1) is 16.2. The second kappa shape index (κ2) is 9.38. The first-order valence-electron chi connectivity index (χ1n) is 10.5. The van der Waals surface area contributed by atoms with Crippen LogP contribution in [0.2, 0.25) is 0 Å². The molecule has 4 rings (SSSR count). The molecule has 0 radical (unpaired) electrons. The second-order valence-corrected chi connectivity index (χ2v) is 7.77. The van der Waals surface area contributed by atoms with E-state index in [1.807, 2.05) is 30.3 Å². The fourth-order valence-corrected chi connectivity index (χ4v) is 3.47. The van der Waals surface area contributed by atoms with E-state index in [-0.39, 0.29) is 17.8 Å². The van der Waals surface area contributed by atoms with Crippen LogP contribution in [0, 0.1) is 6.92 Å². The van der Waals surface area contributed by atoms with Gasteiger partial charge in [0.25, 0.3) is 5.91 Å². The molecule has 0 spiro atoms. The minimum absolute atomic E-state index is 0.119. The van der Waals surface area contributed by atoms with Crippen molar-refractivity contribution in [1.82, 2.24) is 14.8 Å². The van der Waals surface area contributed by atoms with Crippen LogP contribution in [0.15, 0.2) is 79.1 Å². The Morgan fingerprint density at radius 3 is 2.24 bits per heavy atom. The van der Waals surface area contributed by atoms with Crippen LogP contribution in [-0.4, -0.2) is 20.7 Å². The highest BCUT2D eigenvalue weighted by Gasteiger charge is 2.30. The topological polar surface area (TPSA) is 71.8 Å². The molecule has 0 saturated heterocycles. The summed E-state index contributed by atoms with van der Waals surface area (Å²) in [6.07, 6.45) is -2.37. The Morgan fingerprint density at radius 1 is 0.941 bits per heavy atom. The molecule has 0 aliphatic heterocycles. The van der Waals surface area contributed by atoms with Crippen LogP contribution in [0.3, 0.4) is 0 Å². The van der Waals surface area contributed by atoms with Gasteiger partial charge in [0.05, 0.1) is 23.0 Å². The van der Waals surface area contributed by atoms with Gasteiger partial charge in [0, 0.05) is 23.6 Å². The molecule has 0 saturated carbocycles. The number of nitrogens with zero attached hydrogens (tertiary/aromatic N) is 3. The largest absolute Gasteiger partial charge is 0.417 e. The lowest BCUT2D eigenvalue weighted by molar-refractivity contribution is -0.137. The molecule has 2 heterocycles. The summed E-state index contributed by atoms with van der Waals surface area (Å²) >= 11 is 0. The number of pyridine rings is 1. The third-order valence-electron chi connectivity index (χ3n) is 5.37. The van der Waals surface area contributed by atoms with Crippen molar-refractivity contribution in [3.05, 3.63) is 102 Å². The summed E-state index contributed by atoms with van der Waals surface area (Å²) in [5, 5.41) is 10.3. The lowest BCUT2D eigenvalue weighted by Crippen LogP contribution is -2.13. The smallest absolute Gasteiger partial charge is 0.379 e. The molecule has 2 aromatic heterocycles. The van der Waals surface area contributed by atoms with E-state index in [1.54, 1.807) is 19.1 Å². The third kappa shape index (κ3) is 5.09. The van der Waals surface area contributed by atoms with Gasteiger partial charge in [-0.05, 0) is 55.8 Å². The number of rotatable bonds is 6. The summed E-state index contributed by atoms with van der Waals surface area (Å²) in [4.78, 5) is 16.6. The van der Waals surface area contributed by atoms with Gasteiger partial charge in [-0.2, -0.15) is 18.3 Å². The maximum absolute atomic E-state index is 12.8. The summed E-state index contributed by atoms with van der Waals surface area (Å²) in [5.74, 6) is -0.193. The lowest BCUT2D eigenvalue weighted by atomic mass is 10.1. The van der Waals surface area contributed by atoms with Crippen molar-refractivity contribution in [1.29, 1.82) is 0 Å². The van der Waals surface area contributed by atoms with E-state index >= 15 is 0 Å². The lowest BCUT2D eigenvalue weighted by Gasteiger charge is -2.16. The van der Waals surface area contributed by atoms with E-state index in [0.29, 0.717) is 16.9 Å². The van der Waals surface area contributed by atoms with E-state index in [2.05, 4.69) is 39.8 Å². The zero-order chi connectivity index (χ0) is 24.3. The molecule has 9 heteroatoms. The van der Waals surface area contributed by atoms with Crippen molar-refractivity contribution in [2.75, 3.05) is 10.6 Å². The second-order valence-electron chi connectivity index (χ2n) is 7.77. The molecule has 2 aromatic carbocycles.